The topological polar surface area (TPSA) is 86.3 Å². The van der Waals surface area contributed by atoms with Crippen LogP contribution in [0.2, 0.25) is 0 Å². The van der Waals surface area contributed by atoms with Crippen LogP contribution in [0.15, 0.2) is 71.6 Å². The van der Waals surface area contributed by atoms with Crippen molar-refractivity contribution in [2.24, 2.45) is 0 Å². The van der Waals surface area contributed by atoms with Crippen LogP contribution in [0.5, 0.6) is 23.0 Å². The van der Waals surface area contributed by atoms with Crippen molar-refractivity contribution in [3.63, 3.8) is 0 Å². The lowest BCUT2D eigenvalue weighted by Crippen LogP contribution is -2.47. The average molecular weight is 682 g/mol. The summed E-state index contributed by atoms with van der Waals surface area (Å²) in [7, 11) is 4.69. The fourth-order valence-electron chi connectivity index (χ4n) is 4.02. The Hall–Kier alpha value is -3.15. The van der Waals surface area contributed by atoms with E-state index in [1.165, 1.54) is 18.9 Å². The molecule has 0 radical (unpaired) electrons. The first-order valence-corrected chi connectivity index (χ1v) is 15.1. The van der Waals surface area contributed by atoms with E-state index in [9.17, 15) is 9.59 Å². The van der Waals surface area contributed by atoms with Gasteiger partial charge in [0.1, 0.15) is 15.8 Å². The highest BCUT2D eigenvalue weighted by molar-refractivity contribution is 8.26. The summed E-state index contributed by atoms with van der Waals surface area (Å²) >= 11 is 25.0. The van der Waals surface area contributed by atoms with Crippen LogP contribution in [-0.2, 0) is 11.2 Å². The molecule has 0 spiro atoms. The van der Waals surface area contributed by atoms with Crippen LogP contribution in [0.1, 0.15) is 21.5 Å². The van der Waals surface area contributed by atoms with Gasteiger partial charge >= 0.3 is 0 Å². The monoisotopic (exact) mass is 680 g/mol. The van der Waals surface area contributed by atoms with Gasteiger partial charge in [-0.2, -0.15) is 0 Å². The summed E-state index contributed by atoms with van der Waals surface area (Å²) in [5.74, 6) is 1.53. The molecule has 13 heteroatoms. The zero-order valence-corrected chi connectivity index (χ0v) is 27.2. The third kappa shape index (κ3) is 8.49. The van der Waals surface area contributed by atoms with Crippen molar-refractivity contribution in [2.75, 3.05) is 27.9 Å². The Morgan fingerprint density at radius 2 is 1.60 bits per heavy atom. The summed E-state index contributed by atoms with van der Waals surface area (Å²) in [6.07, 6.45) is 1.04. The molecule has 1 aliphatic heterocycles. The van der Waals surface area contributed by atoms with E-state index >= 15 is 0 Å². The first-order valence-electron chi connectivity index (χ1n) is 12.8. The van der Waals surface area contributed by atoms with E-state index in [4.69, 9.17) is 66.0 Å². The molecule has 2 amide bonds. The highest BCUT2D eigenvalue weighted by Gasteiger charge is 2.36. The Balaban J connectivity index is 1.39. The van der Waals surface area contributed by atoms with E-state index in [2.05, 4.69) is 5.32 Å². The molecule has 3 aromatic rings. The molecule has 0 aliphatic carbocycles. The van der Waals surface area contributed by atoms with E-state index in [0.29, 0.717) is 50.8 Å². The maximum atomic E-state index is 13.1. The zero-order chi connectivity index (χ0) is 31.1. The first kappa shape index (κ1) is 32.8. The number of methoxy groups -OCH3 is 3. The van der Waals surface area contributed by atoms with E-state index in [0.717, 1.165) is 11.1 Å². The summed E-state index contributed by atoms with van der Waals surface area (Å²) in [5, 5.41) is 2.59. The van der Waals surface area contributed by atoms with Gasteiger partial charge in [-0.05, 0) is 72.2 Å². The lowest BCUT2D eigenvalue weighted by atomic mass is 10.1. The van der Waals surface area contributed by atoms with E-state index < -0.39 is 15.9 Å². The molecule has 0 unspecified atom stereocenters. The number of carbonyl (C=O) groups excluding carboxylic acids is 2. The fourth-order valence-corrected chi connectivity index (χ4v) is 5.63. The largest absolute Gasteiger partial charge is 0.497 e. The first-order chi connectivity index (χ1) is 20.5. The van der Waals surface area contributed by atoms with E-state index in [1.807, 2.05) is 18.2 Å². The van der Waals surface area contributed by atoms with Crippen LogP contribution in [0.25, 0.3) is 6.08 Å². The van der Waals surface area contributed by atoms with Gasteiger partial charge in [-0.1, -0.05) is 77.0 Å². The molecule has 1 N–H and O–H groups in total. The number of thioether (sulfide) groups is 1. The van der Waals surface area contributed by atoms with Gasteiger partial charge in [-0.3, -0.25) is 14.5 Å². The molecule has 1 atom stereocenters. The summed E-state index contributed by atoms with van der Waals surface area (Å²) in [6, 6.07) is 18.9. The Labute approximate surface area is 274 Å². The minimum atomic E-state index is -1.97. The number of hydrogen-bond acceptors (Lipinski definition) is 8. The SMILES string of the molecule is COc1ccc(C(=O)N[C@@H](Oc2ccc(/C=C3\SC(=S)N(CCc4ccc(OC)c(OC)c4)C3=O)cc2)C(Cl)(Cl)Cl)cc1. The standard InChI is InChI=1S/C30H27Cl3N2O6S2/c1-38-21-11-7-20(8-12-21)26(36)34-28(30(31,32)33)41-22-9-4-18(5-10-22)17-25-27(37)35(29(42)43-25)15-14-19-6-13-23(39-2)24(16-19)40-3/h4-13,16-17,28H,14-15H2,1-3H3,(H,34,36)/b25-17-/t28-/m0/s1. The van der Waals surface area contributed by atoms with Crippen LogP contribution < -0.4 is 24.3 Å². The van der Waals surface area contributed by atoms with Crippen molar-refractivity contribution in [2.45, 2.75) is 16.4 Å². The number of thiocarbonyl (C=S) groups is 1. The highest BCUT2D eigenvalue weighted by atomic mass is 35.6. The van der Waals surface area contributed by atoms with Gasteiger partial charge in [-0.25, -0.2) is 0 Å². The molecule has 3 aromatic carbocycles. The summed E-state index contributed by atoms with van der Waals surface area (Å²) in [6.45, 7) is 0.422. The van der Waals surface area contributed by atoms with Crippen molar-refractivity contribution in [3.8, 4) is 23.0 Å². The number of halogens is 3. The number of amides is 2. The Bertz CT molecular complexity index is 1510. The molecular weight excluding hydrogens is 655 g/mol. The van der Waals surface area contributed by atoms with Crippen molar-refractivity contribution >= 4 is 81.0 Å². The number of ether oxygens (including phenoxy) is 4. The third-order valence-electron chi connectivity index (χ3n) is 6.29. The summed E-state index contributed by atoms with van der Waals surface area (Å²) in [5.41, 5.74) is 2.06. The molecule has 0 aromatic heterocycles. The number of nitrogens with one attached hydrogen (secondary N) is 1. The predicted octanol–water partition coefficient (Wildman–Crippen LogP) is 6.66. The molecule has 0 bridgehead atoms. The minimum Gasteiger partial charge on any atom is -0.497 e. The molecule has 1 saturated heterocycles. The Morgan fingerprint density at radius 3 is 2.21 bits per heavy atom. The number of benzene rings is 3. The second-order valence-electron chi connectivity index (χ2n) is 9.08. The van der Waals surface area contributed by atoms with E-state index in [1.54, 1.807) is 73.7 Å². The van der Waals surface area contributed by atoms with E-state index in [-0.39, 0.29) is 5.91 Å². The van der Waals surface area contributed by atoms with Gasteiger partial charge < -0.3 is 24.3 Å². The number of carbonyl (C=O) groups is 2. The summed E-state index contributed by atoms with van der Waals surface area (Å²) < 4.78 is 20.1. The van der Waals surface area contributed by atoms with Gasteiger partial charge in [0.25, 0.3) is 11.8 Å². The van der Waals surface area contributed by atoms with Crippen molar-refractivity contribution < 1.29 is 28.5 Å². The molecule has 8 nitrogen and oxygen atoms in total. The second kappa shape index (κ2) is 14.5. The van der Waals surface area contributed by atoms with Crippen LogP contribution in [0.4, 0.5) is 0 Å². The van der Waals surface area contributed by atoms with Gasteiger partial charge in [0.15, 0.2) is 11.5 Å². The minimum absolute atomic E-state index is 0.173. The lowest BCUT2D eigenvalue weighted by molar-refractivity contribution is -0.122. The number of alkyl halides is 3. The second-order valence-corrected chi connectivity index (χ2v) is 13.1. The quantitative estimate of drug-likeness (QED) is 0.104. The fraction of sp³-hybridized carbons (Fsp3) is 0.233. The van der Waals surface area contributed by atoms with Crippen LogP contribution in [-0.4, -0.2) is 58.9 Å². The molecule has 43 heavy (non-hydrogen) atoms. The summed E-state index contributed by atoms with van der Waals surface area (Å²) in [4.78, 5) is 27.9. The molecule has 1 heterocycles. The maximum absolute atomic E-state index is 13.1. The Kier molecular flexibility index (Phi) is 11.1. The third-order valence-corrected chi connectivity index (χ3v) is 8.26. The molecular formula is C30H27Cl3N2O6S2. The average Bonchev–Trinajstić information content (AvgIpc) is 3.26. The molecule has 1 aliphatic rings. The Morgan fingerprint density at radius 1 is 0.953 bits per heavy atom. The molecule has 4 rings (SSSR count). The van der Waals surface area contributed by atoms with Gasteiger partial charge in [0.2, 0.25) is 10.0 Å². The van der Waals surface area contributed by atoms with Crippen molar-refractivity contribution in [3.05, 3.63) is 88.3 Å². The van der Waals surface area contributed by atoms with Crippen LogP contribution in [0, 0.1) is 0 Å². The highest BCUT2D eigenvalue weighted by Crippen LogP contribution is 2.35. The van der Waals surface area contributed by atoms with Crippen LogP contribution >= 0.6 is 58.8 Å². The zero-order valence-electron chi connectivity index (χ0n) is 23.3. The van der Waals surface area contributed by atoms with Gasteiger partial charge in [0.05, 0.1) is 26.2 Å². The molecule has 0 saturated carbocycles. The number of nitrogens with zero attached hydrogens (tertiary/aromatic N) is 1. The van der Waals surface area contributed by atoms with Crippen LogP contribution in [0.3, 0.4) is 0 Å². The van der Waals surface area contributed by atoms with Crippen molar-refractivity contribution in [1.82, 2.24) is 10.2 Å². The molecule has 226 valence electrons. The van der Waals surface area contributed by atoms with Crippen molar-refractivity contribution in [1.29, 1.82) is 0 Å². The maximum Gasteiger partial charge on any atom is 0.266 e. The molecule has 1 fully saturated rings. The number of rotatable bonds is 11. The van der Waals surface area contributed by atoms with Gasteiger partial charge in [-0.15, -0.1) is 0 Å². The number of hydrogen-bond donors (Lipinski definition) is 1. The normalized spacial score (nSPS) is 14.9. The smallest absolute Gasteiger partial charge is 0.266 e. The predicted molar refractivity (Wildman–Crippen MR) is 175 cm³/mol. The van der Waals surface area contributed by atoms with Gasteiger partial charge in [0, 0.05) is 12.1 Å². The lowest BCUT2D eigenvalue weighted by Gasteiger charge is -2.26.